The van der Waals surface area contributed by atoms with Gasteiger partial charge in [-0.3, -0.25) is 9.20 Å². The molecule has 0 bridgehead atoms. The summed E-state index contributed by atoms with van der Waals surface area (Å²) in [5.41, 5.74) is 0.785. The predicted molar refractivity (Wildman–Crippen MR) is 97.8 cm³/mol. The normalized spacial score (nSPS) is 10.6. The molecule has 0 aliphatic rings. The lowest BCUT2D eigenvalue weighted by Crippen LogP contribution is -2.16. The van der Waals surface area contributed by atoms with Crippen molar-refractivity contribution in [2.45, 2.75) is 6.61 Å². The number of rotatable bonds is 5. The highest BCUT2D eigenvalue weighted by atomic mass is 79.9. The van der Waals surface area contributed by atoms with E-state index in [0.717, 1.165) is 4.47 Å². The van der Waals surface area contributed by atoms with Gasteiger partial charge in [0.25, 0.3) is 5.56 Å². The molecule has 0 saturated carbocycles. The fourth-order valence-electron chi connectivity index (χ4n) is 2.47. The summed E-state index contributed by atoms with van der Waals surface area (Å²) in [6.07, 6.45) is 1.63. The SMILES string of the molecule is COc1cccc(C(=O)OCc2cc(=O)n3cc(Br)ccc3n2)c1OC. The Bertz CT molecular complexity index is 1030. The lowest BCUT2D eigenvalue weighted by atomic mass is 10.2. The van der Waals surface area contributed by atoms with Crippen molar-refractivity contribution in [2.75, 3.05) is 14.2 Å². The minimum absolute atomic E-state index is 0.138. The first-order valence-corrected chi connectivity index (χ1v) is 8.38. The quantitative estimate of drug-likeness (QED) is 0.592. The van der Waals surface area contributed by atoms with Crippen molar-refractivity contribution in [3.63, 3.8) is 0 Å². The average Bonchev–Trinajstić information content (AvgIpc) is 2.65. The molecular formula is C18H15BrN2O5. The Morgan fingerprint density at radius 2 is 2.00 bits per heavy atom. The van der Waals surface area contributed by atoms with Gasteiger partial charge in [0.1, 0.15) is 17.8 Å². The maximum atomic E-state index is 12.4. The number of methoxy groups -OCH3 is 2. The second kappa shape index (κ2) is 7.57. The van der Waals surface area contributed by atoms with Gasteiger partial charge >= 0.3 is 5.97 Å². The number of para-hydroxylation sites is 1. The third-order valence-electron chi connectivity index (χ3n) is 3.65. The number of ether oxygens (including phenoxy) is 3. The molecule has 7 nitrogen and oxygen atoms in total. The molecule has 8 heteroatoms. The lowest BCUT2D eigenvalue weighted by molar-refractivity contribution is 0.0463. The van der Waals surface area contributed by atoms with Crippen molar-refractivity contribution in [1.82, 2.24) is 9.38 Å². The molecule has 0 atom stereocenters. The van der Waals surface area contributed by atoms with Gasteiger partial charge in [-0.1, -0.05) is 6.07 Å². The summed E-state index contributed by atoms with van der Waals surface area (Å²) in [7, 11) is 2.93. The van der Waals surface area contributed by atoms with Gasteiger partial charge in [0.2, 0.25) is 0 Å². The third-order valence-corrected chi connectivity index (χ3v) is 4.12. The number of carbonyl (C=O) groups is 1. The maximum Gasteiger partial charge on any atom is 0.342 e. The van der Waals surface area contributed by atoms with Crippen LogP contribution in [-0.2, 0) is 11.3 Å². The van der Waals surface area contributed by atoms with Crippen LogP contribution < -0.4 is 15.0 Å². The summed E-state index contributed by atoms with van der Waals surface area (Å²) in [5, 5.41) is 0. The maximum absolute atomic E-state index is 12.4. The van der Waals surface area contributed by atoms with Gasteiger partial charge in [-0.2, -0.15) is 0 Å². The van der Waals surface area contributed by atoms with Crippen molar-refractivity contribution in [3.05, 3.63) is 68.7 Å². The molecule has 2 heterocycles. The molecule has 0 saturated heterocycles. The van der Waals surface area contributed by atoms with Crippen LogP contribution in [0.3, 0.4) is 0 Å². The zero-order chi connectivity index (χ0) is 18.7. The Kier molecular flexibility index (Phi) is 5.22. The van der Waals surface area contributed by atoms with Gasteiger partial charge in [0.05, 0.1) is 19.9 Å². The third kappa shape index (κ3) is 3.55. The van der Waals surface area contributed by atoms with Crippen molar-refractivity contribution in [3.8, 4) is 11.5 Å². The van der Waals surface area contributed by atoms with Crippen LogP contribution in [0.5, 0.6) is 11.5 Å². The van der Waals surface area contributed by atoms with Crippen LogP contribution in [-0.4, -0.2) is 29.6 Å². The number of hydrogen-bond donors (Lipinski definition) is 0. The van der Waals surface area contributed by atoms with Crippen LogP contribution >= 0.6 is 15.9 Å². The molecule has 0 N–H and O–H groups in total. The van der Waals surface area contributed by atoms with Crippen LogP contribution in [0.2, 0.25) is 0 Å². The Hall–Kier alpha value is -2.87. The Morgan fingerprint density at radius 3 is 2.73 bits per heavy atom. The van der Waals surface area contributed by atoms with Crippen LogP contribution in [0.1, 0.15) is 16.1 Å². The number of halogens is 1. The van der Waals surface area contributed by atoms with E-state index >= 15 is 0 Å². The minimum atomic E-state index is -0.599. The molecule has 0 aliphatic carbocycles. The fourth-order valence-corrected chi connectivity index (χ4v) is 2.80. The van der Waals surface area contributed by atoms with Crippen LogP contribution in [0, 0.1) is 0 Å². The number of esters is 1. The van der Waals surface area contributed by atoms with Gasteiger partial charge < -0.3 is 14.2 Å². The van der Waals surface area contributed by atoms with Gasteiger partial charge in [0, 0.05) is 16.7 Å². The smallest absolute Gasteiger partial charge is 0.342 e. The number of pyridine rings is 1. The fraction of sp³-hybridized carbons (Fsp3) is 0.167. The molecule has 0 fully saturated rings. The molecule has 0 amide bonds. The lowest BCUT2D eigenvalue weighted by Gasteiger charge is -2.12. The van der Waals surface area contributed by atoms with Crippen molar-refractivity contribution in [2.24, 2.45) is 0 Å². The molecule has 2 aromatic heterocycles. The first-order chi connectivity index (χ1) is 12.5. The molecule has 0 radical (unpaired) electrons. The summed E-state index contributed by atoms with van der Waals surface area (Å²) < 4.78 is 17.9. The number of aromatic nitrogens is 2. The van der Waals surface area contributed by atoms with E-state index in [1.165, 1.54) is 24.7 Å². The standard InChI is InChI=1S/C18H15BrN2O5/c1-24-14-5-3-4-13(17(14)25-2)18(23)26-10-12-8-16(22)21-9-11(19)6-7-15(21)20-12/h3-9H,10H2,1-2H3. The molecule has 0 spiro atoms. The van der Waals surface area contributed by atoms with E-state index in [4.69, 9.17) is 14.2 Å². The number of fused-ring (bicyclic) bond motifs is 1. The van der Waals surface area contributed by atoms with E-state index in [2.05, 4.69) is 20.9 Å². The highest BCUT2D eigenvalue weighted by Gasteiger charge is 2.18. The van der Waals surface area contributed by atoms with Gasteiger partial charge in [-0.15, -0.1) is 0 Å². The van der Waals surface area contributed by atoms with Gasteiger partial charge in [-0.25, -0.2) is 9.78 Å². The summed E-state index contributed by atoms with van der Waals surface area (Å²) in [4.78, 5) is 28.9. The second-order valence-corrected chi connectivity index (χ2v) is 6.19. The van der Waals surface area contributed by atoms with E-state index in [9.17, 15) is 9.59 Å². The number of carbonyl (C=O) groups excluding carboxylic acids is 1. The molecule has 134 valence electrons. The Labute approximate surface area is 157 Å². The molecule has 3 aromatic rings. The Morgan fingerprint density at radius 1 is 1.19 bits per heavy atom. The topological polar surface area (TPSA) is 79.1 Å². The second-order valence-electron chi connectivity index (χ2n) is 5.28. The van der Waals surface area contributed by atoms with Gasteiger partial charge in [-0.05, 0) is 40.2 Å². The van der Waals surface area contributed by atoms with Gasteiger partial charge in [0.15, 0.2) is 11.5 Å². The van der Waals surface area contributed by atoms with Crippen molar-refractivity contribution in [1.29, 1.82) is 0 Å². The molecule has 1 aromatic carbocycles. The molecule has 26 heavy (non-hydrogen) atoms. The first-order valence-electron chi connectivity index (χ1n) is 7.59. The van der Waals surface area contributed by atoms with E-state index in [0.29, 0.717) is 17.1 Å². The van der Waals surface area contributed by atoms with E-state index in [1.807, 2.05) is 0 Å². The summed E-state index contributed by atoms with van der Waals surface area (Å²) in [6, 6.07) is 9.72. The average molecular weight is 419 g/mol. The molecule has 3 rings (SSSR count). The summed E-state index contributed by atoms with van der Waals surface area (Å²) in [6.45, 7) is -0.138. The minimum Gasteiger partial charge on any atom is -0.493 e. The molecular weight excluding hydrogens is 404 g/mol. The van der Waals surface area contributed by atoms with E-state index in [1.54, 1.807) is 36.5 Å². The number of hydrogen-bond acceptors (Lipinski definition) is 6. The largest absolute Gasteiger partial charge is 0.493 e. The van der Waals surface area contributed by atoms with Crippen LogP contribution in [0.15, 0.2) is 51.9 Å². The highest BCUT2D eigenvalue weighted by molar-refractivity contribution is 9.10. The molecule has 0 unspecified atom stereocenters. The van der Waals surface area contributed by atoms with Crippen molar-refractivity contribution < 1.29 is 19.0 Å². The predicted octanol–water partition coefficient (Wildman–Crippen LogP) is 2.83. The highest BCUT2D eigenvalue weighted by Crippen LogP contribution is 2.31. The number of benzene rings is 1. The molecule has 0 aliphatic heterocycles. The first kappa shape index (κ1) is 17.9. The summed E-state index contributed by atoms with van der Waals surface area (Å²) >= 11 is 3.31. The summed E-state index contributed by atoms with van der Waals surface area (Å²) in [5.74, 6) is 0.115. The zero-order valence-electron chi connectivity index (χ0n) is 14.1. The monoisotopic (exact) mass is 418 g/mol. The Balaban J connectivity index is 1.83. The zero-order valence-corrected chi connectivity index (χ0v) is 15.6. The van der Waals surface area contributed by atoms with Crippen LogP contribution in [0.25, 0.3) is 5.65 Å². The van der Waals surface area contributed by atoms with Crippen LogP contribution in [0.4, 0.5) is 0 Å². The van der Waals surface area contributed by atoms with E-state index < -0.39 is 5.97 Å². The van der Waals surface area contributed by atoms with Crippen molar-refractivity contribution >= 4 is 27.5 Å². The number of nitrogens with zero attached hydrogens (tertiary/aromatic N) is 2. The van der Waals surface area contributed by atoms with E-state index in [-0.39, 0.29) is 23.5 Å².